The van der Waals surface area contributed by atoms with E-state index in [1.54, 1.807) is 12.1 Å². The molecule has 5 heteroatoms. The second kappa shape index (κ2) is 8.99. The summed E-state index contributed by atoms with van der Waals surface area (Å²) in [5.41, 5.74) is 2.79. The number of hydrogen-bond acceptors (Lipinski definition) is 4. The molecule has 0 saturated carbocycles. The van der Waals surface area contributed by atoms with Gasteiger partial charge in [-0.25, -0.2) is 4.79 Å². The van der Waals surface area contributed by atoms with Gasteiger partial charge in [-0.2, -0.15) is 0 Å². The van der Waals surface area contributed by atoms with Gasteiger partial charge < -0.3 is 14.8 Å². The number of amides is 1. The minimum absolute atomic E-state index is 0.351. The molecule has 0 aliphatic rings. The Hall–Kier alpha value is -2.66. The average molecular weight is 341 g/mol. The smallest absolute Gasteiger partial charge is 0.328 e. The Labute approximate surface area is 148 Å². The number of nitrogens with one attached hydrogen (secondary N) is 1. The molecule has 5 nitrogen and oxygen atoms in total. The molecule has 0 aliphatic carbocycles. The zero-order valence-corrected chi connectivity index (χ0v) is 14.7. The summed E-state index contributed by atoms with van der Waals surface area (Å²) in [6.07, 6.45) is -0.435. The highest BCUT2D eigenvalue weighted by Gasteiger charge is 2.27. The van der Waals surface area contributed by atoms with Gasteiger partial charge in [0.05, 0.1) is 7.11 Å². The molecule has 132 valence electrons. The van der Waals surface area contributed by atoms with Gasteiger partial charge in [0.1, 0.15) is 6.04 Å². The highest BCUT2D eigenvalue weighted by Crippen LogP contribution is 2.17. The molecule has 0 saturated heterocycles. The van der Waals surface area contributed by atoms with Crippen LogP contribution in [0.15, 0.2) is 54.6 Å². The lowest BCUT2D eigenvalue weighted by Gasteiger charge is -2.21. The maximum Gasteiger partial charge on any atom is 0.328 e. The number of methoxy groups -OCH3 is 2. The largest absolute Gasteiger partial charge is 0.467 e. The fourth-order valence-electron chi connectivity index (χ4n) is 2.57. The Morgan fingerprint density at radius 1 is 1.00 bits per heavy atom. The lowest BCUT2D eigenvalue weighted by molar-refractivity contribution is -0.146. The lowest BCUT2D eigenvalue weighted by atomic mass is 10.0. The number of carbonyl (C=O) groups excluding carboxylic acids is 2. The lowest BCUT2D eigenvalue weighted by Crippen LogP contribution is -2.45. The average Bonchev–Trinajstić information content (AvgIpc) is 2.64. The van der Waals surface area contributed by atoms with E-state index >= 15 is 0 Å². The number of rotatable bonds is 7. The van der Waals surface area contributed by atoms with Crippen molar-refractivity contribution in [3.8, 4) is 0 Å². The van der Waals surface area contributed by atoms with Gasteiger partial charge in [-0.05, 0) is 18.1 Å². The Kier molecular flexibility index (Phi) is 6.71. The molecule has 25 heavy (non-hydrogen) atoms. The van der Waals surface area contributed by atoms with Crippen molar-refractivity contribution in [2.75, 3.05) is 14.2 Å². The van der Waals surface area contributed by atoms with E-state index < -0.39 is 18.1 Å². The van der Waals surface area contributed by atoms with Crippen molar-refractivity contribution >= 4 is 11.9 Å². The summed E-state index contributed by atoms with van der Waals surface area (Å²) in [7, 11) is 2.77. The van der Waals surface area contributed by atoms with Crippen LogP contribution in [0.1, 0.15) is 22.8 Å². The number of esters is 1. The molecule has 0 aromatic heterocycles. The first kappa shape index (κ1) is 18.7. The Morgan fingerprint density at radius 2 is 1.64 bits per heavy atom. The zero-order chi connectivity index (χ0) is 18.2. The summed E-state index contributed by atoms with van der Waals surface area (Å²) in [5.74, 6) is -0.868. The first-order valence-corrected chi connectivity index (χ1v) is 8.06. The molecule has 2 atom stereocenters. The summed E-state index contributed by atoms with van der Waals surface area (Å²) in [5, 5.41) is 2.74. The van der Waals surface area contributed by atoms with Crippen LogP contribution in [-0.4, -0.2) is 32.1 Å². The third kappa shape index (κ3) is 5.16. The van der Waals surface area contributed by atoms with Gasteiger partial charge >= 0.3 is 5.97 Å². The highest BCUT2D eigenvalue weighted by molar-refractivity contribution is 5.87. The van der Waals surface area contributed by atoms with E-state index in [1.165, 1.54) is 14.2 Å². The highest BCUT2D eigenvalue weighted by atomic mass is 16.5. The first-order valence-electron chi connectivity index (χ1n) is 8.06. The molecule has 0 spiro atoms. The van der Waals surface area contributed by atoms with Crippen LogP contribution >= 0.6 is 0 Å². The third-order valence-corrected chi connectivity index (χ3v) is 3.94. The van der Waals surface area contributed by atoms with Crippen LogP contribution in [0.5, 0.6) is 0 Å². The van der Waals surface area contributed by atoms with Crippen molar-refractivity contribution in [3.05, 3.63) is 71.3 Å². The van der Waals surface area contributed by atoms with Crippen LogP contribution in [-0.2, 0) is 25.5 Å². The quantitative estimate of drug-likeness (QED) is 0.786. The number of hydrogen-bond donors (Lipinski definition) is 1. The van der Waals surface area contributed by atoms with E-state index in [-0.39, 0.29) is 5.91 Å². The summed E-state index contributed by atoms with van der Waals surface area (Å²) in [6, 6.07) is 16.2. The van der Waals surface area contributed by atoms with Crippen molar-refractivity contribution in [1.29, 1.82) is 0 Å². The van der Waals surface area contributed by atoms with Crippen molar-refractivity contribution < 1.29 is 19.1 Å². The van der Waals surface area contributed by atoms with Gasteiger partial charge in [-0.15, -0.1) is 0 Å². The van der Waals surface area contributed by atoms with Crippen molar-refractivity contribution in [2.24, 2.45) is 0 Å². The molecule has 0 bridgehead atoms. The van der Waals surface area contributed by atoms with E-state index in [4.69, 9.17) is 9.47 Å². The number of carbonyl (C=O) groups is 2. The van der Waals surface area contributed by atoms with Gasteiger partial charge in [0, 0.05) is 13.5 Å². The predicted molar refractivity (Wildman–Crippen MR) is 95.0 cm³/mol. The summed E-state index contributed by atoms with van der Waals surface area (Å²) < 4.78 is 10.1. The van der Waals surface area contributed by atoms with Crippen LogP contribution in [0, 0.1) is 6.92 Å². The number of benzene rings is 2. The van der Waals surface area contributed by atoms with E-state index in [0.29, 0.717) is 6.42 Å². The monoisotopic (exact) mass is 341 g/mol. The second-order valence-electron chi connectivity index (χ2n) is 5.80. The van der Waals surface area contributed by atoms with Crippen LogP contribution in [0.4, 0.5) is 0 Å². The molecule has 2 aromatic carbocycles. The minimum Gasteiger partial charge on any atom is -0.467 e. The van der Waals surface area contributed by atoms with E-state index in [0.717, 1.165) is 16.7 Å². The Balaban J connectivity index is 2.13. The SMILES string of the molecule is COC(=O)[C@H](Cc1ccc(C)cc1)NC(=O)[C@@H](OC)c1ccccc1. The molecule has 1 amide bonds. The number of aryl methyl sites for hydroxylation is 1. The standard InChI is InChI=1S/C20H23NO4/c1-14-9-11-15(12-10-14)13-17(20(23)25-3)21-19(22)18(24-2)16-7-5-4-6-8-16/h4-12,17-18H,13H2,1-3H3,(H,21,22)/t17-,18-/m0/s1. The Morgan fingerprint density at radius 3 is 2.20 bits per heavy atom. The van der Waals surface area contributed by atoms with Crippen LogP contribution in [0.3, 0.4) is 0 Å². The van der Waals surface area contributed by atoms with E-state index in [2.05, 4.69) is 5.32 Å². The van der Waals surface area contributed by atoms with Gasteiger partial charge in [-0.3, -0.25) is 4.79 Å². The van der Waals surface area contributed by atoms with Crippen molar-refractivity contribution in [2.45, 2.75) is 25.5 Å². The molecular formula is C20H23NO4. The van der Waals surface area contributed by atoms with E-state index in [1.807, 2.05) is 49.4 Å². The molecule has 1 N–H and O–H groups in total. The summed E-state index contributed by atoms with van der Waals surface area (Å²) >= 11 is 0. The molecule has 0 radical (unpaired) electrons. The van der Waals surface area contributed by atoms with Gasteiger partial charge in [-0.1, -0.05) is 60.2 Å². The van der Waals surface area contributed by atoms with Crippen LogP contribution < -0.4 is 5.32 Å². The second-order valence-corrected chi connectivity index (χ2v) is 5.80. The zero-order valence-electron chi connectivity index (χ0n) is 14.7. The maximum atomic E-state index is 12.6. The van der Waals surface area contributed by atoms with Crippen molar-refractivity contribution in [1.82, 2.24) is 5.32 Å². The third-order valence-electron chi connectivity index (χ3n) is 3.94. The molecular weight excluding hydrogens is 318 g/mol. The van der Waals surface area contributed by atoms with Crippen LogP contribution in [0.25, 0.3) is 0 Å². The van der Waals surface area contributed by atoms with Gasteiger partial charge in [0.15, 0.2) is 6.10 Å². The van der Waals surface area contributed by atoms with Gasteiger partial charge in [0.2, 0.25) is 0 Å². The Bertz CT molecular complexity index is 697. The fraction of sp³-hybridized carbons (Fsp3) is 0.300. The van der Waals surface area contributed by atoms with Crippen molar-refractivity contribution in [3.63, 3.8) is 0 Å². The fourth-order valence-corrected chi connectivity index (χ4v) is 2.57. The van der Waals surface area contributed by atoms with Crippen LogP contribution in [0.2, 0.25) is 0 Å². The molecule has 2 aromatic rings. The molecule has 2 rings (SSSR count). The van der Waals surface area contributed by atoms with Gasteiger partial charge in [0.25, 0.3) is 5.91 Å². The predicted octanol–water partition coefficient (Wildman–Crippen LogP) is 2.58. The maximum absolute atomic E-state index is 12.6. The summed E-state index contributed by atoms with van der Waals surface area (Å²) in [6.45, 7) is 1.99. The minimum atomic E-state index is -0.786. The normalized spacial score (nSPS) is 12.9. The van der Waals surface area contributed by atoms with E-state index in [9.17, 15) is 9.59 Å². The molecule has 0 unspecified atom stereocenters. The first-order chi connectivity index (χ1) is 12.0. The molecule has 0 aliphatic heterocycles. The summed E-state index contributed by atoms with van der Waals surface area (Å²) in [4.78, 5) is 24.7. The molecule has 0 fully saturated rings. The number of ether oxygens (including phenoxy) is 2. The molecule has 0 heterocycles. The topological polar surface area (TPSA) is 64.6 Å².